The van der Waals surface area contributed by atoms with Crippen molar-refractivity contribution in [2.75, 3.05) is 6.54 Å². The number of rotatable bonds is 4. The van der Waals surface area contributed by atoms with Gasteiger partial charge in [0, 0.05) is 12.6 Å². The molecular weight excluding hydrogens is 242 g/mol. The van der Waals surface area contributed by atoms with E-state index in [1.165, 1.54) is 0 Å². The Bertz CT molecular complexity index is 444. The quantitative estimate of drug-likeness (QED) is 0.904. The average Bonchev–Trinajstić information content (AvgIpc) is 3.04. The lowest BCUT2D eigenvalue weighted by Crippen LogP contribution is -2.46. The summed E-state index contributed by atoms with van der Waals surface area (Å²) < 4.78 is 5.31. The fourth-order valence-corrected chi connectivity index (χ4v) is 2.56. The van der Waals surface area contributed by atoms with Crippen LogP contribution in [0, 0.1) is 12.8 Å². The minimum Gasteiger partial charge on any atom is -0.359 e. The average molecular weight is 265 g/mol. The van der Waals surface area contributed by atoms with Gasteiger partial charge in [-0.1, -0.05) is 25.4 Å². The zero-order valence-corrected chi connectivity index (χ0v) is 11.9. The number of likely N-dealkylation sites (tertiary alicyclic amines) is 1. The molecule has 2 rings (SSSR count). The predicted octanol–water partition coefficient (Wildman–Crippen LogP) is 2.02. The summed E-state index contributed by atoms with van der Waals surface area (Å²) in [6, 6.07) is 1.49. The first kappa shape index (κ1) is 14.1. The van der Waals surface area contributed by atoms with E-state index in [-0.39, 0.29) is 17.9 Å². The monoisotopic (exact) mass is 265 g/mol. The molecule has 1 aromatic heterocycles. The molecule has 1 fully saturated rings. The van der Waals surface area contributed by atoms with Crippen LogP contribution in [0.2, 0.25) is 0 Å². The molecule has 19 heavy (non-hydrogen) atoms. The van der Waals surface area contributed by atoms with Crippen LogP contribution in [0.5, 0.6) is 0 Å². The fraction of sp³-hybridized carbons (Fsp3) is 0.714. The normalized spacial score (nSPS) is 22.5. The first-order valence-corrected chi connectivity index (χ1v) is 7.03. The molecule has 0 radical (unpaired) electrons. The Hall–Kier alpha value is -1.36. The van der Waals surface area contributed by atoms with Gasteiger partial charge in [-0.25, -0.2) is 0 Å². The summed E-state index contributed by atoms with van der Waals surface area (Å²) in [5.74, 6) is 1.01. The largest absolute Gasteiger partial charge is 0.359 e. The molecule has 0 aromatic carbocycles. The van der Waals surface area contributed by atoms with Crippen molar-refractivity contribution in [2.24, 2.45) is 11.7 Å². The first-order chi connectivity index (χ1) is 9.04. The third-order valence-corrected chi connectivity index (χ3v) is 4.05. The predicted molar refractivity (Wildman–Crippen MR) is 72.4 cm³/mol. The molecule has 1 aromatic rings. The van der Waals surface area contributed by atoms with E-state index in [0.717, 1.165) is 37.3 Å². The van der Waals surface area contributed by atoms with E-state index < -0.39 is 6.04 Å². The highest BCUT2D eigenvalue weighted by Crippen LogP contribution is 2.33. The number of carbonyl (C=O) groups is 1. The number of nitrogens with zero attached hydrogens (tertiary/aromatic N) is 2. The number of nitrogens with two attached hydrogens (primary N) is 1. The summed E-state index contributed by atoms with van der Waals surface area (Å²) >= 11 is 0. The molecule has 2 unspecified atom stereocenters. The third kappa shape index (κ3) is 2.81. The van der Waals surface area contributed by atoms with Crippen LogP contribution >= 0.6 is 0 Å². The molecule has 0 saturated carbocycles. The second kappa shape index (κ2) is 5.74. The molecular formula is C14H23N3O2. The Kier molecular flexibility index (Phi) is 4.24. The maximum Gasteiger partial charge on any atom is 0.240 e. The summed E-state index contributed by atoms with van der Waals surface area (Å²) in [6.45, 7) is 6.72. The topological polar surface area (TPSA) is 72.4 Å². The van der Waals surface area contributed by atoms with Gasteiger partial charge in [-0.15, -0.1) is 0 Å². The maximum absolute atomic E-state index is 12.5. The van der Waals surface area contributed by atoms with Gasteiger partial charge in [-0.2, -0.15) is 0 Å². The molecule has 5 nitrogen and oxygen atoms in total. The van der Waals surface area contributed by atoms with Crippen molar-refractivity contribution in [1.82, 2.24) is 10.1 Å². The van der Waals surface area contributed by atoms with E-state index in [0.29, 0.717) is 0 Å². The molecule has 1 saturated heterocycles. The molecule has 1 aliphatic heterocycles. The molecule has 0 spiro atoms. The van der Waals surface area contributed by atoms with Crippen molar-refractivity contribution in [3.63, 3.8) is 0 Å². The minimum atomic E-state index is -0.422. The van der Waals surface area contributed by atoms with E-state index in [4.69, 9.17) is 10.3 Å². The molecule has 3 atom stereocenters. The van der Waals surface area contributed by atoms with Crippen molar-refractivity contribution in [1.29, 1.82) is 0 Å². The zero-order valence-electron chi connectivity index (χ0n) is 11.9. The van der Waals surface area contributed by atoms with Crippen LogP contribution in [0.15, 0.2) is 10.6 Å². The van der Waals surface area contributed by atoms with Crippen molar-refractivity contribution in [2.45, 2.75) is 52.1 Å². The molecule has 0 aliphatic carbocycles. The Morgan fingerprint density at radius 3 is 3.00 bits per heavy atom. The lowest BCUT2D eigenvalue weighted by Gasteiger charge is -2.28. The van der Waals surface area contributed by atoms with Crippen molar-refractivity contribution >= 4 is 5.91 Å². The number of amides is 1. The van der Waals surface area contributed by atoms with Gasteiger partial charge in [0.05, 0.1) is 17.8 Å². The van der Waals surface area contributed by atoms with E-state index in [2.05, 4.69) is 12.1 Å². The van der Waals surface area contributed by atoms with E-state index in [1.807, 2.05) is 24.8 Å². The molecule has 2 N–H and O–H groups in total. The molecule has 1 amide bonds. The summed E-state index contributed by atoms with van der Waals surface area (Å²) in [5.41, 5.74) is 6.91. The summed E-state index contributed by atoms with van der Waals surface area (Å²) in [4.78, 5) is 14.3. The van der Waals surface area contributed by atoms with Crippen LogP contribution in [-0.2, 0) is 4.79 Å². The van der Waals surface area contributed by atoms with Gasteiger partial charge in [-0.3, -0.25) is 4.79 Å². The van der Waals surface area contributed by atoms with Gasteiger partial charge >= 0.3 is 0 Å². The number of hydrogen-bond donors (Lipinski definition) is 1. The Balaban J connectivity index is 2.12. The van der Waals surface area contributed by atoms with Gasteiger partial charge in [0.2, 0.25) is 5.91 Å². The van der Waals surface area contributed by atoms with E-state index in [1.54, 1.807) is 0 Å². The summed E-state index contributed by atoms with van der Waals surface area (Å²) in [5, 5.41) is 3.91. The molecule has 106 valence electrons. The number of aryl methyl sites for hydroxylation is 1. The second-order valence-electron chi connectivity index (χ2n) is 5.47. The Morgan fingerprint density at radius 2 is 2.42 bits per heavy atom. The van der Waals surface area contributed by atoms with Gasteiger partial charge in [0.15, 0.2) is 5.76 Å². The number of carbonyl (C=O) groups excluding carboxylic acids is 1. The van der Waals surface area contributed by atoms with Crippen LogP contribution in [0.3, 0.4) is 0 Å². The first-order valence-electron chi connectivity index (χ1n) is 7.03. The van der Waals surface area contributed by atoms with Gasteiger partial charge in [0.25, 0.3) is 0 Å². The molecule has 5 heteroatoms. The van der Waals surface area contributed by atoms with Crippen molar-refractivity contribution in [3.8, 4) is 0 Å². The fourth-order valence-electron chi connectivity index (χ4n) is 2.56. The minimum absolute atomic E-state index is 0.00352. The van der Waals surface area contributed by atoms with Crippen molar-refractivity contribution < 1.29 is 9.32 Å². The van der Waals surface area contributed by atoms with E-state index in [9.17, 15) is 4.79 Å². The summed E-state index contributed by atoms with van der Waals surface area (Å²) in [6.07, 6.45) is 2.82. The molecule has 0 bridgehead atoms. The zero-order chi connectivity index (χ0) is 14.0. The Morgan fingerprint density at radius 1 is 1.68 bits per heavy atom. The second-order valence-corrected chi connectivity index (χ2v) is 5.47. The van der Waals surface area contributed by atoms with Gasteiger partial charge < -0.3 is 15.2 Å². The third-order valence-electron chi connectivity index (χ3n) is 4.05. The van der Waals surface area contributed by atoms with Crippen LogP contribution in [0.25, 0.3) is 0 Å². The standard InChI is InChI=1S/C14H23N3O2/c1-4-9(2)13(15)14(18)17-7-5-6-11(17)12-8-10(3)16-19-12/h8-9,11,13H,4-7,15H2,1-3H3/t9?,11?,13-/m0/s1. The SMILES string of the molecule is CCC(C)[C@H](N)C(=O)N1CCCC1c1cc(C)no1. The summed E-state index contributed by atoms with van der Waals surface area (Å²) in [7, 11) is 0. The van der Waals surface area contributed by atoms with Crippen LogP contribution in [-0.4, -0.2) is 28.6 Å². The lowest BCUT2D eigenvalue weighted by atomic mass is 9.98. The molecule has 1 aliphatic rings. The highest BCUT2D eigenvalue weighted by atomic mass is 16.5. The molecule has 2 heterocycles. The number of aromatic nitrogens is 1. The van der Waals surface area contributed by atoms with Crippen LogP contribution < -0.4 is 5.73 Å². The Labute approximate surface area is 114 Å². The maximum atomic E-state index is 12.5. The van der Waals surface area contributed by atoms with Gasteiger partial charge in [0.1, 0.15) is 0 Å². The van der Waals surface area contributed by atoms with Gasteiger partial charge in [-0.05, 0) is 25.7 Å². The van der Waals surface area contributed by atoms with Crippen LogP contribution in [0.1, 0.15) is 50.6 Å². The highest BCUT2D eigenvalue weighted by molar-refractivity contribution is 5.82. The van der Waals surface area contributed by atoms with Crippen molar-refractivity contribution in [3.05, 3.63) is 17.5 Å². The van der Waals surface area contributed by atoms with Crippen LogP contribution in [0.4, 0.5) is 0 Å². The highest BCUT2D eigenvalue weighted by Gasteiger charge is 2.35. The smallest absolute Gasteiger partial charge is 0.240 e. The lowest BCUT2D eigenvalue weighted by molar-refractivity contribution is -0.135. The number of hydrogen-bond acceptors (Lipinski definition) is 4. The van der Waals surface area contributed by atoms with E-state index >= 15 is 0 Å².